The van der Waals surface area contributed by atoms with Gasteiger partial charge in [-0.1, -0.05) is 78.9 Å². The minimum absolute atomic E-state index is 0.118. The van der Waals surface area contributed by atoms with Crippen LogP contribution in [0.25, 0.3) is 28.5 Å². The number of nitrogens with two attached hydrogens (primary N) is 1. The molecule has 0 aliphatic heterocycles. The third-order valence-electron chi connectivity index (χ3n) is 6.08. The number of nitrogens with zero attached hydrogens (tertiary/aromatic N) is 2. The van der Waals surface area contributed by atoms with Crippen LogP contribution in [0.4, 0.5) is 11.4 Å². The fraction of sp³-hybridized carbons (Fsp3) is 0.0667. The van der Waals surface area contributed by atoms with E-state index < -0.39 is 0 Å². The third kappa shape index (κ3) is 4.70. The zero-order chi connectivity index (χ0) is 24.2. The van der Waals surface area contributed by atoms with E-state index in [9.17, 15) is 4.79 Å². The fourth-order valence-corrected chi connectivity index (χ4v) is 4.22. The van der Waals surface area contributed by atoms with Crippen LogP contribution in [0.5, 0.6) is 0 Å². The average Bonchev–Trinajstić information content (AvgIpc) is 3.29. The second-order valence-corrected chi connectivity index (χ2v) is 8.41. The monoisotopic (exact) mass is 458 g/mol. The maximum absolute atomic E-state index is 12.3. The number of nitrogens with one attached hydrogen (secondary N) is 1. The lowest BCUT2D eigenvalue weighted by molar-refractivity contribution is -0.111. The summed E-state index contributed by atoms with van der Waals surface area (Å²) in [6, 6.07) is 34.0. The molecule has 1 amide bonds. The maximum Gasteiger partial charge on any atom is 0.248 e. The van der Waals surface area contributed by atoms with Crippen molar-refractivity contribution in [1.29, 1.82) is 0 Å². The largest absolute Gasteiger partial charge is 0.397 e. The number of fused-ring (bicyclic) bond motifs is 1. The minimum Gasteiger partial charge on any atom is -0.397 e. The SMILES string of the molecule is CC(c1ccccc1)n1c(-c2ccc(C=CC(=O)Nc3ccccc3N)cc2)nc2ccccc21. The fourth-order valence-electron chi connectivity index (χ4n) is 4.22. The molecule has 5 aromatic rings. The van der Waals surface area contributed by atoms with E-state index in [0.29, 0.717) is 11.4 Å². The Kier molecular flexibility index (Phi) is 6.14. The Morgan fingerprint density at radius 3 is 2.34 bits per heavy atom. The normalized spacial score (nSPS) is 12.1. The van der Waals surface area contributed by atoms with Gasteiger partial charge in [-0.25, -0.2) is 4.98 Å². The highest BCUT2D eigenvalue weighted by Gasteiger charge is 2.18. The first-order valence-electron chi connectivity index (χ1n) is 11.6. The molecule has 0 aliphatic rings. The van der Waals surface area contributed by atoms with E-state index in [1.165, 1.54) is 11.6 Å². The third-order valence-corrected chi connectivity index (χ3v) is 6.08. The van der Waals surface area contributed by atoms with Gasteiger partial charge in [0.05, 0.1) is 28.5 Å². The van der Waals surface area contributed by atoms with Crippen molar-refractivity contribution in [3.8, 4) is 11.4 Å². The zero-order valence-electron chi connectivity index (χ0n) is 19.4. The van der Waals surface area contributed by atoms with Crippen LogP contribution in [0, 0.1) is 0 Å². The second-order valence-electron chi connectivity index (χ2n) is 8.41. The molecule has 0 fully saturated rings. The Balaban J connectivity index is 1.42. The number of para-hydroxylation sites is 4. The highest BCUT2D eigenvalue weighted by atomic mass is 16.1. The molecule has 0 saturated carbocycles. The highest BCUT2D eigenvalue weighted by molar-refractivity contribution is 6.03. The number of rotatable bonds is 6. The van der Waals surface area contributed by atoms with E-state index in [1.54, 1.807) is 18.2 Å². The van der Waals surface area contributed by atoms with Gasteiger partial charge in [0.2, 0.25) is 5.91 Å². The van der Waals surface area contributed by atoms with Crippen molar-refractivity contribution in [1.82, 2.24) is 9.55 Å². The van der Waals surface area contributed by atoms with Crippen LogP contribution in [0.2, 0.25) is 0 Å². The van der Waals surface area contributed by atoms with Crippen LogP contribution >= 0.6 is 0 Å². The molecule has 0 spiro atoms. The van der Waals surface area contributed by atoms with Gasteiger partial charge in [-0.15, -0.1) is 0 Å². The molecule has 35 heavy (non-hydrogen) atoms. The lowest BCUT2D eigenvalue weighted by Crippen LogP contribution is -2.09. The molecule has 1 aromatic heterocycles. The number of aromatic nitrogens is 2. The molecule has 1 unspecified atom stereocenters. The molecule has 5 heteroatoms. The van der Waals surface area contributed by atoms with Gasteiger partial charge in [0.25, 0.3) is 0 Å². The highest BCUT2D eigenvalue weighted by Crippen LogP contribution is 2.31. The number of carbonyl (C=O) groups excluding carboxylic acids is 1. The van der Waals surface area contributed by atoms with E-state index in [1.807, 2.05) is 60.7 Å². The summed E-state index contributed by atoms with van der Waals surface area (Å²) in [4.78, 5) is 17.3. The molecule has 4 aromatic carbocycles. The van der Waals surface area contributed by atoms with Gasteiger partial charge < -0.3 is 15.6 Å². The summed E-state index contributed by atoms with van der Waals surface area (Å²) in [5.41, 5.74) is 12.3. The first-order chi connectivity index (χ1) is 17.1. The van der Waals surface area contributed by atoms with Gasteiger partial charge in [0.1, 0.15) is 5.82 Å². The molecule has 0 saturated heterocycles. The number of benzene rings is 4. The first-order valence-corrected chi connectivity index (χ1v) is 11.6. The molecular weight excluding hydrogens is 432 g/mol. The number of carbonyl (C=O) groups is 1. The van der Waals surface area contributed by atoms with Gasteiger partial charge in [-0.3, -0.25) is 4.79 Å². The van der Waals surface area contributed by atoms with E-state index in [-0.39, 0.29) is 11.9 Å². The summed E-state index contributed by atoms with van der Waals surface area (Å²) in [5, 5.41) is 2.80. The molecule has 5 nitrogen and oxygen atoms in total. The molecule has 1 atom stereocenters. The Labute approximate surface area is 204 Å². The summed E-state index contributed by atoms with van der Waals surface area (Å²) in [7, 11) is 0. The summed E-state index contributed by atoms with van der Waals surface area (Å²) >= 11 is 0. The average molecular weight is 459 g/mol. The number of hydrogen-bond donors (Lipinski definition) is 2. The maximum atomic E-state index is 12.3. The van der Waals surface area contributed by atoms with Crippen molar-refractivity contribution in [2.75, 3.05) is 11.1 Å². The van der Waals surface area contributed by atoms with Crippen molar-refractivity contribution in [2.45, 2.75) is 13.0 Å². The number of amides is 1. The zero-order valence-corrected chi connectivity index (χ0v) is 19.4. The predicted molar refractivity (Wildman–Crippen MR) is 144 cm³/mol. The van der Waals surface area contributed by atoms with E-state index >= 15 is 0 Å². The van der Waals surface area contributed by atoms with Crippen LogP contribution in [0.1, 0.15) is 24.1 Å². The summed E-state index contributed by atoms with van der Waals surface area (Å²) < 4.78 is 2.28. The smallest absolute Gasteiger partial charge is 0.248 e. The van der Waals surface area contributed by atoms with Crippen LogP contribution < -0.4 is 11.1 Å². The number of hydrogen-bond acceptors (Lipinski definition) is 3. The van der Waals surface area contributed by atoms with E-state index in [2.05, 4.69) is 47.1 Å². The van der Waals surface area contributed by atoms with Crippen molar-refractivity contribution in [2.24, 2.45) is 0 Å². The lowest BCUT2D eigenvalue weighted by atomic mass is 10.1. The molecular formula is C30H26N4O. The standard InChI is InChI=1S/C30H26N4O/c1-21(23-9-3-2-4-10-23)34-28-14-8-7-13-27(28)33-30(34)24-18-15-22(16-19-24)17-20-29(35)32-26-12-6-5-11-25(26)31/h2-21H,31H2,1H3,(H,32,35). The topological polar surface area (TPSA) is 72.9 Å². The Morgan fingerprint density at radius 1 is 0.886 bits per heavy atom. The van der Waals surface area contributed by atoms with Gasteiger partial charge in [-0.2, -0.15) is 0 Å². The molecule has 0 radical (unpaired) electrons. The second kappa shape index (κ2) is 9.69. The Hall–Kier alpha value is -4.64. The van der Waals surface area contributed by atoms with E-state index in [0.717, 1.165) is 28.0 Å². The molecule has 5 rings (SSSR count). The summed E-state index contributed by atoms with van der Waals surface area (Å²) in [6.07, 6.45) is 3.29. The van der Waals surface area contributed by atoms with Crippen molar-refractivity contribution >= 4 is 34.4 Å². The van der Waals surface area contributed by atoms with Crippen molar-refractivity contribution < 1.29 is 4.79 Å². The summed E-state index contributed by atoms with van der Waals surface area (Å²) in [6.45, 7) is 2.20. The van der Waals surface area contributed by atoms with Crippen LogP contribution in [-0.4, -0.2) is 15.5 Å². The first kappa shape index (κ1) is 22.2. The molecule has 3 N–H and O–H groups in total. The van der Waals surface area contributed by atoms with Crippen LogP contribution in [-0.2, 0) is 4.79 Å². The molecule has 0 aliphatic carbocycles. The quantitative estimate of drug-likeness (QED) is 0.224. The predicted octanol–water partition coefficient (Wildman–Crippen LogP) is 6.55. The molecule has 0 bridgehead atoms. The van der Waals surface area contributed by atoms with Gasteiger partial charge in [0, 0.05) is 11.6 Å². The minimum atomic E-state index is -0.231. The molecule has 172 valence electrons. The van der Waals surface area contributed by atoms with E-state index in [4.69, 9.17) is 10.7 Å². The molecule has 1 heterocycles. The number of imidazole rings is 1. The van der Waals surface area contributed by atoms with Crippen LogP contribution in [0.15, 0.2) is 109 Å². The van der Waals surface area contributed by atoms with Crippen molar-refractivity contribution in [3.63, 3.8) is 0 Å². The Morgan fingerprint density at radius 2 is 1.57 bits per heavy atom. The van der Waals surface area contributed by atoms with Gasteiger partial charge in [-0.05, 0) is 48.4 Å². The van der Waals surface area contributed by atoms with Gasteiger partial charge in [0.15, 0.2) is 0 Å². The van der Waals surface area contributed by atoms with Crippen molar-refractivity contribution in [3.05, 3.63) is 120 Å². The number of anilines is 2. The van der Waals surface area contributed by atoms with Gasteiger partial charge >= 0.3 is 0 Å². The van der Waals surface area contributed by atoms with Crippen LogP contribution in [0.3, 0.4) is 0 Å². The lowest BCUT2D eigenvalue weighted by Gasteiger charge is -2.18. The summed E-state index contributed by atoms with van der Waals surface area (Å²) in [5.74, 6) is 0.681. The Bertz CT molecular complexity index is 1500. The number of nitrogen functional groups attached to an aromatic ring is 1.